The number of nitrogens with zero attached hydrogens (tertiary/aromatic N) is 3. The van der Waals surface area contributed by atoms with E-state index >= 15 is 0 Å². The summed E-state index contributed by atoms with van der Waals surface area (Å²) in [5.74, 6) is 0.561. The molecule has 0 spiro atoms. The molecule has 3 aromatic rings. The molecule has 0 amide bonds. The van der Waals surface area contributed by atoms with Crippen molar-refractivity contribution in [1.82, 2.24) is 14.8 Å². The van der Waals surface area contributed by atoms with Crippen LogP contribution in [0.3, 0.4) is 0 Å². The van der Waals surface area contributed by atoms with Gasteiger partial charge in [0.05, 0.1) is 11.2 Å². The molecule has 0 atom stereocenters. The third-order valence-electron chi connectivity index (χ3n) is 2.81. The zero-order chi connectivity index (χ0) is 11.8. The summed E-state index contributed by atoms with van der Waals surface area (Å²) in [4.78, 5) is 4.32. The van der Waals surface area contributed by atoms with Gasteiger partial charge < -0.3 is 5.73 Å². The first-order valence-corrected chi connectivity index (χ1v) is 5.41. The number of rotatable bonds is 1. The summed E-state index contributed by atoms with van der Waals surface area (Å²) in [6.07, 6.45) is 3.71. The monoisotopic (exact) mass is 224 g/mol. The molecule has 3 rings (SSSR count). The molecule has 0 bridgehead atoms. The van der Waals surface area contributed by atoms with E-state index in [2.05, 4.69) is 10.1 Å². The molecule has 4 heteroatoms. The molecule has 0 aliphatic heterocycles. The fraction of sp³-hybridized carbons (Fsp3) is 0.0769. The summed E-state index contributed by atoms with van der Waals surface area (Å²) >= 11 is 0. The van der Waals surface area contributed by atoms with E-state index < -0.39 is 0 Å². The minimum Gasteiger partial charge on any atom is -0.382 e. The van der Waals surface area contributed by atoms with Gasteiger partial charge in [-0.25, -0.2) is 4.68 Å². The number of nitrogen functional groups attached to an aromatic ring is 1. The van der Waals surface area contributed by atoms with E-state index in [1.54, 1.807) is 10.9 Å². The van der Waals surface area contributed by atoms with Crippen LogP contribution in [0.2, 0.25) is 0 Å². The minimum atomic E-state index is 0.561. The van der Waals surface area contributed by atoms with Crippen molar-refractivity contribution in [2.24, 2.45) is 0 Å². The number of hydrogen-bond acceptors (Lipinski definition) is 3. The van der Waals surface area contributed by atoms with Gasteiger partial charge in [-0.15, -0.1) is 0 Å². The highest BCUT2D eigenvalue weighted by atomic mass is 15.3. The Hall–Kier alpha value is -2.36. The Bertz CT molecular complexity index is 660. The average Bonchev–Trinajstić information content (AvgIpc) is 2.69. The summed E-state index contributed by atoms with van der Waals surface area (Å²) in [7, 11) is 0. The van der Waals surface area contributed by atoms with E-state index in [4.69, 9.17) is 5.73 Å². The van der Waals surface area contributed by atoms with Gasteiger partial charge in [-0.2, -0.15) is 5.10 Å². The van der Waals surface area contributed by atoms with Crippen molar-refractivity contribution in [3.8, 4) is 5.69 Å². The van der Waals surface area contributed by atoms with Gasteiger partial charge in [0, 0.05) is 23.3 Å². The van der Waals surface area contributed by atoms with Crippen LogP contribution in [0, 0.1) is 6.92 Å². The van der Waals surface area contributed by atoms with Crippen LogP contribution in [0.1, 0.15) is 5.56 Å². The van der Waals surface area contributed by atoms with E-state index in [9.17, 15) is 0 Å². The maximum Gasteiger partial charge on any atom is 0.148 e. The molecular formula is C13H12N4. The lowest BCUT2D eigenvalue weighted by Gasteiger charge is -2.05. The number of pyridine rings is 1. The maximum atomic E-state index is 5.77. The van der Waals surface area contributed by atoms with Crippen molar-refractivity contribution in [2.45, 2.75) is 6.92 Å². The normalized spacial score (nSPS) is 10.9. The Balaban J connectivity index is 2.30. The number of aryl methyl sites for hydroxylation is 1. The Labute approximate surface area is 98.7 Å². The van der Waals surface area contributed by atoms with Crippen molar-refractivity contribution < 1.29 is 0 Å². The Morgan fingerprint density at radius 3 is 2.76 bits per heavy atom. The highest BCUT2D eigenvalue weighted by Gasteiger charge is 2.06. The van der Waals surface area contributed by atoms with Crippen LogP contribution >= 0.6 is 0 Å². The first-order valence-electron chi connectivity index (χ1n) is 5.41. The van der Waals surface area contributed by atoms with Gasteiger partial charge in [0.15, 0.2) is 0 Å². The topological polar surface area (TPSA) is 56.7 Å². The molecule has 0 saturated heterocycles. The van der Waals surface area contributed by atoms with Crippen molar-refractivity contribution >= 4 is 16.7 Å². The van der Waals surface area contributed by atoms with Gasteiger partial charge >= 0.3 is 0 Å². The van der Waals surface area contributed by atoms with Gasteiger partial charge in [0.1, 0.15) is 5.82 Å². The molecule has 84 valence electrons. The van der Waals surface area contributed by atoms with Crippen LogP contribution in [-0.2, 0) is 0 Å². The van der Waals surface area contributed by atoms with E-state index in [0.29, 0.717) is 5.82 Å². The Morgan fingerprint density at radius 2 is 2.00 bits per heavy atom. The second-order valence-corrected chi connectivity index (χ2v) is 3.99. The number of hydrogen-bond donors (Lipinski definition) is 1. The quantitative estimate of drug-likeness (QED) is 0.690. The smallest absolute Gasteiger partial charge is 0.148 e. The van der Waals surface area contributed by atoms with Crippen LogP contribution < -0.4 is 5.73 Å². The maximum absolute atomic E-state index is 5.77. The van der Waals surface area contributed by atoms with Crippen LogP contribution in [0.4, 0.5) is 5.82 Å². The first-order chi connectivity index (χ1) is 8.25. The van der Waals surface area contributed by atoms with E-state index in [0.717, 1.165) is 22.2 Å². The molecule has 2 N–H and O–H groups in total. The highest BCUT2D eigenvalue weighted by molar-refractivity contribution is 5.86. The third-order valence-corrected chi connectivity index (χ3v) is 2.81. The van der Waals surface area contributed by atoms with Crippen molar-refractivity contribution in [3.63, 3.8) is 0 Å². The number of benzene rings is 1. The molecule has 0 unspecified atom stereocenters. The predicted molar refractivity (Wildman–Crippen MR) is 68.0 cm³/mol. The summed E-state index contributed by atoms with van der Waals surface area (Å²) in [6.45, 7) is 1.95. The Kier molecular flexibility index (Phi) is 2.08. The number of aromatic nitrogens is 3. The second-order valence-electron chi connectivity index (χ2n) is 3.99. The largest absolute Gasteiger partial charge is 0.382 e. The number of fused-ring (bicyclic) bond motifs is 1. The van der Waals surface area contributed by atoms with Crippen molar-refractivity contribution in [3.05, 3.63) is 48.3 Å². The molecule has 1 aromatic carbocycles. The van der Waals surface area contributed by atoms with Crippen LogP contribution in [-0.4, -0.2) is 14.8 Å². The second kappa shape index (κ2) is 3.59. The molecule has 0 aliphatic carbocycles. The number of nitrogens with two attached hydrogens (primary N) is 1. The molecule has 0 aliphatic rings. The molecule has 17 heavy (non-hydrogen) atoms. The van der Waals surface area contributed by atoms with Gasteiger partial charge in [0.25, 0.3) is 0 Å². The van der Waals surface area contributed by atoms with E-state index in [1.165, 1.54) is 0 Å². The zero-order valence-electron chi connectivity index (χ0n) is 9.46. The lowest BCUT2D eigenvalue weighted by molar-refractivity contribution is 0.891. The summed E-state index contributed by atoms with van der Waals surface area (Å²) in [5, 5.41) is 5.36. The number of anilines is 1. The number of para-hydroxylation sites is 1. The van der Waals surface area contributed by atoms with Crippen LogP contribution in [0.25, 0.3) is 16.6 Å². The lowest BCUT2D eigenvalue weighted by atomic mass is 10.2. The highest BCUT2D eigenvalue weighted by Crippen LogP contribution is 2.21. The third kappa shape index (κ3) is 1.54. The predicted octanol–water partition coefficient (Wildman–Crippen LogP) is 2.31. The standard InChI is InChI=1S/C13H12N4/c1-9-8-17(16-13(9)14)12-6-7-15-11-5-3-2-4-10(11)12/h2-8H,1H3,(H2,14,16). The van der Waals surface area contributed by atoms with Crippen LogP contribution in [0.5, 0.6) is 0 Å². The van der Waals surface area contributed by atoms with E-state index in [-0.39, 0.29) is 0 Å². The van der Waals surface area contributed by atoms with E-state index in [1.807, 2.05) is 43.5 Å². The SMILES string of the molecule is Cc1cn(-c2ccnc3ccccc23)nc1N. The fourth-order valence-corrected chi connectivity index (χ4v) is 1.88. The molecule has 4 nitrogen and oxygen atoms in total. The summed E-state index contributed by atoms with van der Waals surface area (Å²) in [5.41, 5.74) is 8.70. The van der Waals surface area contributed by atoms with Gasteiger partial charge in [0.2, 0.25) is 0 Å². The molecule has 0 fully saturated rings. The zero-order valence-corrected chi connectivity index (χ0v) is 9.46. The molecular weight excluding hydrogens is 212 g/mol. The Morgan fingerprint density at radius 1 is 1.18 bits per heavy atom. The van der Waals surface area contributed by atoms with Crippen molar-refractivity contribution in [2.75, 3.05) is 5.73 Å². The first kappa shape index (κ1) is 9.84. The summed E-state index contributed by atoms with van der Waals surface area (Å²) < 4.78 is 1.80. The average molecular weight is 224 g/mol. The fourth-order valence-electron chi connectivity index (χ4n) is 1.88. The molecule has 0 saturated carbocycles. The van der Waals surface area contributed by atoms with Crippen LogP contribution in [0.15, 0.2) is 42.7 Å². The van der Waals surface area contributed by atoms with Gasteiger partial charge in [-0.05, 0) is 19.1 Å². The lowest BCUT2D eigenvalue weighted by Crippen LogP contribution is -1.97. The van der Waals surface area contributed by atoms with Gasteiger partial charge in [-0.1, -0.05) is 18.2 Å². The minimum absolute atomic E-state index is 0.561. The molecule has 2 heterocycles. The molecule has 2 aromatic heterocycles. The van der Waals surface area contributed by atoms with Gasteiger partial charge in [-0.3, -0.25) is 4.98 Å². The molecule has 0 radical (unpaired) electrons. The van der Waals surface area contributed by atoms with Crippen molar-refractivity contribution in [1.29, 1.82) is 0 Å². The summed E-state index contributed by atoms with van der Waals surface area (Å²) in [6, 6.07) is 9.92.